The van der Waals surface area contributed by atoms with Gasteiger partial charge in [-0.2, -0.15) is 11.8 Å². The Hall–Kier alpha value is -0.670. The van der Waals surface area contributed by atoms with Gasteiger partial charge in [-0.05, 0) is 31.6 Å². The van der Waals surface area contributed by atoms with E-state index < -0.39 is 0 Å². The van der Waals surface area contributed by atoms with Gasteiger partial charge in [0.1, 0.15) is 5.75 Å². The summed E-state index contributed by atoms with van der Waals surface area (Å²) in [6, 6.07) is 6.92. The van der Waals surface area contributed by atoms with Crippen molar-refractivity contribution in [3.63, 3.8) is 0 Å². The molecule has 0 fully saturated rings. The second-order valence-electron chi connectivity index (χ2n) is 4.48. The van der Waals surface area contributed by atoms with Crippen LogP contribution in [-0.4, -0.2) is 25.2 Å². The van der Waals surface area contributed by atoms with Gasteiger partial charge >= 0.3 is 0 Å². The Bertz CT molecular complexity index is 367. The van der Waals surface area contributed by atoms with Crippen LogP contribution in [0.25, 0.3) is 0 Å². The molecule has 1 aromatic rings. The Morgan fingerprint density at radius 3 is 3.18 bits per heavy atom. The van der Waals surface area contributed by atoms with Gasteiger partial charge in [-0.15, -0.1) is 0 Å². The molecule has 1 heterocycles. The summed E-state index contributed by atoms with van der Waals surface area (Å²) in [5, 5.41) is 3.65. The minimum absolute atomic E-state index is 0.458. The van der Waals surface area contributed by atoms with E-state index in [2.05, 4.69) is 36.7 Å². The van der Waals surface area contributed by atoms with E-state index in [9.17, 15) is 0 Å². The predicted molar refractivity (Wildman–Crippen MR) is 75.0 cm³/mol. The van der Waals surface area contributed by atoms with Crippen LogP contribution in [0.1, 0.15) is 30.0 Å². The highest BCUT2D eigenvalue weighted by Crippen LogP contribution is 2.33. The molecule has 2 nitrogen and oxygen atoms in total. The minimum Gasteiger partial charge on any atom is -0.493 e. The molecule has 1 N–H and O–H groups in total. The van der Waals surface area contributed by atoms with E-state index in [0.29, 0.717) is 6.04 Å². The van der Waals surface area contributed by atoms with E-state index in [0.717, 1.165) is 25.3 Å². The van der Waals surface area contributed by atoms with Crippen LogP contribution in [0.5, 0.6) is 5.75 Å². The third kappa shape index (κ3) is 3.17. The number of benzene rings is 1. The van der Waals surface area contributed by atoms with E-state index in [1.54, 1.807) is 0 Å². The van der Waals surface area contributed by atoms with Crippen molar-refractivity contribution in [3.05, 3.63) is 29.3 Å². The quantitative estimate of drug-likeness (QED) is 0.831. The van der Waals surface area contributed by atoms with Gasteiger partial charge in [0, 0.05) is 23.9 Å². The highest BCUT2D eigenvalue weighted by molar-refractivity contribution is 7.98. The van der Waals surface area contributed by atoms with Crippen LogP contribution in [0, 0.1) is 6.92 Å². The predicted octanol–water partition coefficient (Wildman–Crippen LogP) is 3.16. The first-order valence-corrected chi connectivity index (χ1v) is 7.67. The zero-order valence-corrected chi connectivity index (χ0v) is 11.5. The van der Waals surface area contributed by atoms with E-state index >= 15 is 0 Å². The number of hydrogen-bond acceptors (Lipinski definition) is 3. The molecule has 1 aliphatic heterocycles. The van der Waals surface area contributed by atoms with Crippen LogP contribution < -0.4 is 10.1 Å². The fraction of sp³-hybridized carbons (Fsp3) is 0.571. The van der Waals surface area contributed by atoms with Crippen molar-refractivity contribution in [1.29, 1.82) is 0 Å². The molecule has 94 valence electrons. The van der Waals surface area contributed by atoms with E-state index in [-0.39, 0.29) is 0 Å². The van der Waals surface area contributed by atoms with Gasteiger partial charge in [-0.3, -0.25) is 0 Å². The third-order valence-electron chi connectivity index (χ3n) is 3.20. The molecule has 3 heteroatoms. The van der Waals surface area contributed by atoms with Gasteiger partial charge in [0.05, 0.1) is 6.61 Å². The SMILES string of the molecule is CSCCNC1CCCOc2c(C)cccc21. The maximum atomic E-state index is 5.87. The summed E-state index contributed by atoms with van der Waals surface area (Å²) in [4.78, 5) is 0. The van der Waals surface area contributed by atoms with Crippen molar-refractivity contribution in [1.82, 2.24) is 5.32 Å². The number of nitrogens with one attached hydrogen (secondary N) is 1. The van der Waals surface area contributed by atoms with Crippen molar-refractivity contribution in [3.8, 4) is 5.75 Å². The molecule has 0 saturated carbocycles. The average molecular weight is 251 g/mol. The number of fused-ring (bicyclic) bond motifs is 1. The van der Waals surface area contributed by atoms with Gasteiger partial charge < -0.3 is 10.1 Å². The van der Waals surface area contributed by atoms with Crippen molar-refractivity contribution >= 4 is 11.8 Å². The molecule has 0 spiro atoms. The first kappa shape index (κ1) is 12.8. The Balaban J connectivity index is 2.15. The molecule has 0 aliphatic carbocycles. The normalized spacial score (nSPS) is 19.3. The fourth-order valence-electron chi connectivity index (χ4n) is 2.31. The van der Waals surface area contributed by atoms with Crippen LogP contribution in [0.2, 0.25) is 0 Å². The zero-order valence-electron chi connectivity index (χ0n) is 10.7. The van der Waals surface area contributed by atoms with Crippen molar-refractivity contribution in [2.45, 2.75) is 25.8 Å². The number of para-hydroxylation sites is 1. The van der Waals surface area contributed by atoms with Gasteiger partial charge in [0.25, 0.3) is 0 Å². The van der Waals surface area contributed by atoms with Crippen molar-refractivity contribution < 1.29 is 4.74 Å². The smallest absolute Gasteiger partial charge is 0.126 e. The van der Waals surface area contributed by atoms with Crippen LogP contribution in [0.3, 0.4) is 0 Å². The average Bonchev–Trinajstić information content (AvgIpc) is 2.54. The lowest BCUT2D eigenvalue weighted by Gasteiger charge is -2.19. The molecule has 2 rings (SSSR count). The number of thioether (sulfide) groups is 1. The largest absolute Gasteiger partial charge is 0.493 e. The lowest BCUT2D eigenvalue weighted by Crippen LogP contribution is -2.23. The summed E-state index contributed by atoms with van der Waals surface area (Å²) in [7, 11) is 0. The molecule has 1 unspecified atom stereocenters. The molecule has 1 aromatic carbocycles. The molecule has 1 aliphatic rings. The second kappa shape index (κ2) is 6.31. The van der Waals surface area contributed by atoms with E-state index in [1.807, 2.05) is 11.8 Å². The number of rotatable bonds is 4. The zero-order chi connectivity index (χ0) is 12.1. The highest BCUT2D eigenvalue weighted by atomic mass is 32.2. The van der Waals surface area contributed by atoms with Crippen LogP contribution in [-0.2, 0) is 0 Å². The number of ether oxygens (including phenoxy) is 1. The molecular weight excluding hydrogens is 230 g/mol. The first-order valence-electron chi connectivity index (χ1n) is 6.27. The highest BCUT2D eigenvalue weighted by Gasteiger charge is 2.19. The summed E-state index contributed by atoms with van der Waals surface area (Å²) in [5.74, 6) is 2.27. The Labute approximate surface area is 108 Å². The van der Waals surface area contributed by atoms with Crippen molar-refractivity contribution in [2.24, 2.45) is 0 Å². The molecule has 17 heavy (non-hydrogen) atoms. The summed E-state index contributed by atoms with van der Waals surface area (Å²) in [6.45, 7) is 4.04. The standard InChI is InChI=1S/C14H21NOS/c1-11-5-3-6-12-13(15-8-10-17-2)7-4-9-16-14(11)12/h3,5-6,13,15H,4,7-10H2,1-2H3. The molecule has 1 atom stereocenters. The third-order valence-corrected chi connectivity index (χ3v) is 3.81. The van der Waals surface area contributed by atoms with Crippen LogP contribution in [0.15, 0.2) is 18.2 Å². The van der Waals surface area contributed by atoms with Gasteiger partial charge in [0.2, 0.25) is 0 Å². The first-order chi connectivity index (χ1) is 8.33. The summed E-state index contributed by atoms with van der Waals surface area (Å²) in [6.07, 6.45) is 4.45. The molecule has 0 saturated heterocycles. The maximum absolute atomic E-state index is 5.87. The second-order valence-corrected chi connectivity index (χ2v) is 5.47. The summed E-state index contributed by atoms with van der Waals surface area (Å²) >= 11 is 1.89. The molecule has 0 amide bonds. The minimum atomic E-state index is 0.458. The monoisotopic (exact) mass is 251 g/mol. The topological polar surface area (TPSA) is 21.3 Å². The maximum Gasteiger partial charge on any atom is 0.126 e. The number of hydrogen-bond donors (Lipinski definition) is 1. The molecular formula is C14H21NOS. The molecule has 0 aromatic heterocycles. The van der Waals surface area contributed by atoms with Crippen molar-refractivity contribution in [2.75, 3.05) is 25.2 Å². The summed E-state index contributed by atoms with van der Waals surface area (Å²) < 4.78 is 5.87. The molecule has 0 bridgehead atoms. The van der Waals surface area contributed by atoms with E-state index in [1.165, 1.54) is 23.3 Å². The van der Waals surface area contributed by atoms with Gasteiger partial charge in [0.15, 0.2) is 0 Å². The summed E-state index contributed by atoms with van der Waals surface area (Å²) in [5.41, 5.74) is 2.59. The van der Waals surface area contributed by atoms with Crippen LogP contribution in [0.4, 0.5) is 0 Å². The Morgan fingerprint density at radius 2 is 2.35 bits per heavy atom. The lowest BCUT2D eigenvalue weighted by molar-refractivity contribution is 0.313. The Kier molecular flexibility index (Phi) is 4.75. The van der Waals surface area contributed by atoms with Gasteiger partial charge in [-0.25, -0.2) is 0 Å². The lowest BCUT2D eigenvalue weighted by atomic mass is 10.00. The fourth-order valence-corrected chi connectivity index (χ4v) is 2.63. The van der Waals surface area contributed by atoms with E-state index in [4.69, 9.17) is 4.74 Å². The van der Waals surface area contributed by atoms with Crippen LogP contribution >= 0.6 is 11.8 Å². The van der Waals surface area contributed by atoms with Gasteiger partial charge in [-0.1, -0.05) is 18.2 Å². The Morgan fingerprint density at radius 1 is 1.47 bits per heavy atom. The molecule has 0 radical (unpaired) electrons. The number of aryl methyl sites for hydroxylation is 1.